The van der Waals surface area contributed by atoms with Gasteiger partial charge in [-0.15, -0.1) is 0 Å². The van der Waals surface area contributed by atoms with E-state index in [9.17, 15) is 0 Å². The molecule has 0 bridgehead atoms. The number of anilines is 2. The van der Waals surface area contributed by atoms with Crippen LogP contribution in [0.4, 0.5) is 11.4 Å². The Balaban J connectivity index is 2.01. The number of allylic oxidation sites excluding steroid dienone is 1. The molecule has 3 aromatic rings. The molecule has 2 N–H and O–H groups in total. The molecule has 3 rings (SSSR count). The topological polar surface area (TPSA) is 65.2 Å². The lowest BCUT2D eigenvalue weighted by Gasteiger charge is -2.26. The normalized spacial score (nSPS) is 11.4. The molecule has 1 heterocycles. The quantitative estimate of drug-likeness (QED) is 0.515. The maximum atomic E-state index is 7.61. The van der Waals surface area contributed by atoms with Gasteiger partial charge in [0.05, 0.1) is 5.69 Å². The molecule has 0 aliphatic carbocycles. The van der Waals surface area contributed by atoms with Crippen LogP contribution in [0.3, 0.4) is 0 Å². The predicted molar refractivity (Wildman–Crippen MR) is 121 cm³/mol. The van der Waals surface area contributed by atoms with Crippen LogP contribution in [0.15, 0.2) is 53.2 Å². The van der Waals surface area contributed by atoms with Crippen molar-refractivity contribution < 1.29 is 4.52 Å². The van der Waals surface area contributed by atoms with Crippen molar-refractivity contribution >= 4 is 23.2 Å². The Kier molecular flexibility index (Phi) is 6.17. The summed E-state index contributed by atoms with van der Waals surface area (Å²) >= 11 is 0. The van der Waals surface area contributed by atoms with Crippen molar-refractivity contribution in [3.63, 3.8) is 0 Å². The number of nitrogens with one attached hydrogen (secondary N) is 2. The average Bonchev–Trinajstić information content (AvgIpc) is 3.07. The van der Waals surface area contributed by atoms with Crippen LogP contribution in [0.25, 0.3) is 16.7 Å². The van der Waals surface area contributed by atoms with Gasteiger partial charge in [-0.05, 0) is 62.6 Å². The number of hydrogen-bond acceptors (Lipinski definition) is 5. The molecular weight excluding hydrogens is 360 g/mol. The van der Waals surface area contributed by atoms with Gasteiger partial charge in [-0.25, -0.2) is 0 Å². The van der Waals surface area contributed by atoms with E-state index in [0.717, 1.165) is 51.6 Å². The van der Waals surface area contributed by atoms with Gasteiger partial charge < -0.3 is 20.1 Å². The second-order valence-corrected chi connectivity index (χ2v) is 7.02. The van der Waals surface area contributed by atoms with Gasteiger partial charge in [0.1, 0.15) is 5.76 Å². The zero-order valence-electron chi connectivity index (χ0n) is 17.7. The van der Waals surface area contributed by atoms with E-state index in [1.165, 1.54) is 11.8 Å². The van der Waals surface area contributed by atoms with Crippen molar-refractivity contribution in [1.82, 2.24) is 10.5 Å². The molecule has 0 radical (unpaired) electrons. The molecular formula is C24H28N4O. The first kappa shape index (κ1) is 20.4. The van der Waals surface area contributed by atoms with Gasteiger partial charge in [-0.1, -0.05) is 29.4 Å². The zero-order valence-corrected chi connectivity index (χ0v) is 17.7. The average molecular weight is 389 g/mol. The molecule has 0 unspecified atom stereocenters. The highest BCUT2D eigenvalue weighted by atomic mass is 16.5. The van der Waals surface area contributed by atoms with E-state index in [1.54, 1.807) is 0 Å². The summed E-state index contributed by atoms with van der Waals surface area (Å²) in [5, 5.41) is 14.7. The highest BCUT2D eigenvalue weighted by Gasteiger charge is 2.16. The van der Waals surface area contributed by atoms with Crippen molar-refractivity contribution in [3.8, 4) is 11.1 Å². The standard InChI is InChI=1S/C24H28N4O/c1-6-28(22-11-9-19(10-12-22)21(14-25)15-26-5)23-13-20(8-7-16(23)2)24-17(3)27-29-18(24)4/h7-15,25-26H,6H2,1-5H3/b21-15+,25-14?. The Bertz CT molecular complexity index is 1010. The molecule has 150 valence electrons. The maximum Gasteiger partial charge on any atom is 0.141 e. The maximum absolute atomic E-state index is 7.61. The van der Waals surface area contributed by atoms with E-state index in [-0.39, 0.29) is 0 Å². The number of rotatable bonds is 7. The molecule has 0 saturated carbocycles. The SMILES string of the molecule is CCN(c1ccc(/C(C=N)=C/NC)cc1)c1cc(-c2c(C)noc2C)ccc1C. The fourth-order valence-electron chi connectivity index (χ4n) is 3.64. The third kappa shape index (κ3) is 4.09. The Morgan fingerprint density at radius 3 is 2.41 bits per heavy atom. The molecule has 0 aliphatic rings. The zero-order chi connectivity index (χ0) is 21.0. The Morgan fingerprint density at radius 1 is 1.14 bits per heavy atom. The second kappa shape index (κ2) is 8.78. The van der Waals surface area contributed by atoms with Gasteiger partial charge in [0.25, 0.3) is 0 Å². The van der Waals surface area contributed by atoms with Gasteiger partial charge in [0.15, 0.2) is 0 Å². The lowest BCUT2D eigenvalue weighted by molar-refractivity contribution is 0.393. The van der Waals surface area contributed by atoms with E-state index < -0.39 is 0 Å². The summed E-state index contributed by atoms with van der Waals surface area (Å²) in [6.45, 7) is 9.05. The second-order valence-electron chi connectivity index (χ2n) is 7.02. The highest BCUT2D eigenvalue weighted by Crippen LogP contribution is 2.35. The lowest BCUT2D eigenvalue weighted by Crippen LogP contribution is -2.17. The van der Waals surface area contributed by atoms with Crippen LogP contribution in [0.5, 0.6) is 0 Å². The summed E-state index contributed by atoms with van der Waals surface area (Å²) < 4.78 is 5.36. The summed E-state index contributed by atoms with van der Waals surface area (Å²) in [5.41, 5.74) is 8.42. The first-order valence-corrected chi connectivity index (χ1v) is 9.79. The molecule has 5 nitrogen and oxygen atoms in total. The molecule has 5 heteroatoms. The van der Waals surface area contributed by atoms with Crippen molar-refractivity contribution in [3.05, 3.63) is 71.2 Å². The number of hydrogen-bond donors (Lipinski definition) is 2. The Labute approximate surface area is 172 Å². The monoisotopic (exact) mass is 388 g/mol. The molecule has 1 aromatic heterocycles. The largest absolute Gasteiger partial charge is 0.393 e. The van der Waals surface area contributed by atoms with Crippen molar-refractivity contribution in [2.45, 2.75) is 27.7 Å². The van der Waals surface area contributed by atoms with Crippen molar-refractivity contribution in [2.24, 2.45) is 0 Å². The highest BCUT2D eigenvalue weighted by molar-refractivity contribution is 6.08. The number of aromatic nitrogens is 1. The minimum absolute atomic E-state index is 0.834. The fourth-order valence-corrected chi connectivity index (χ4v) is 3.64. The van der Waals surface area contributed by atoms with E-state index in [2.05, 4.69) is 71.7 Å². The van der Waals surface area contributed by atoms with Gasteiger partial charge >= 0.3 is 0 Å². The summed E-state index contributed by atoms with van der Waals surface area (Å²) in [6.07, 6.45) is 3.19. The molecule has 2 aromatic carbocycles. The molecule has 0 spiro atoms. The number of aryl methyl sites for hydroxylation is 3. The number of nitrogens with zero attached hydrogens (tertiary/aromatic N) is 2. The van der Waals surface area contributed by atoms with Gasteiger partial charge in [0, 0.05) is 48.5 Å². The molecule has 0 saturated heterocycles. The van der Waals surface area contributed by atoms with Gasteiger partial charge in [-0.3, -0.25) is 0 Å². The lowest BCUT2D eigenvalue weighted by atomic mass is 10.0. The number of benzene rings is 2. The summed E-state index contributed by atoms with van der Waals surface area (Å²) in [4.78, 5) is 2.30. The Hall–Kier alpha value is -3.34. The van der Waals surface area contributed by atoms with Crippen molar-refractivity contribution in [2.75, 3.05) is 18.5 Å². The van der Waals surface area contributed by atoms with E-state index in [4.69, 9.17) is 9.93 Å². The third-order valence-corrected chi connectivity index (χ3v) is 5.11. The first-order valence-electron chi connectivity index (χ1n) is 9.79. The summed E-state index contributed by atoms with van der Waals surface area (Å²) in [5.74, 6) is 0.834. The van der Waals surface area contributed by atoms with Crippen LogP contribution in [0.1, 0.15) is 29.5 Å². The van der Waals surface area contributed by atoms with E-state index >= 15 is 0 Å². The molecule has 0 fully saturated rings. The molecule has 0 atom stereocenters. The van der Waals surface area contributed by atoms with Crippen LogP contribution in [-0.4, -0.2) is 25.0 Å². The van der Waals surface area contributed by atoms with Crippen LogP contribution in [-0.2, 0) is 0 Å². The molecule has 0 amide bonds. The van der Waals surface area contributed by atoms with E-state index in [0.29, 0.717) is 0 Å². The molecule has 0 aliphatic heterocycles. The summed E-state index contributed by atoms with van der Waals surface area (Å²) in [7, 11) is 1.84. The smallest absolute Gasteiger partial charge is 0.141 e. The van der Waals surface area contributed by atoms with E-state index in [1.807, 2.05) is 27.1 Å². The van der Waals surface area contributed by atoms with Crippen LogP contribution in [0, 0.1) is 26.2 Å². The first-order chi connectivity index (χ1) is 14.0. The van der Waals surface area contributed by atoms with Gasteiger partial charge in [0.2, 0.25) is 0 Å². The fraction of sp³-hybridized carbons (Fsp3) is 0.250. The third-order valence-electron chi connectivity index (χ3n) is 5.11. The Morgan fingerprint density at radius 2 is 1.86 bits per heavy atom. The minimum atomic E-state index is 0.834. The molecule has 29 heavy (non-hydrogen) atoms. The summed E-state index contributed by atoms with van der Waals surface area (Å²) in [6, 6.07) is 14.8. The van der Waals surface area contributed by atoms with Crippen LogP contribution in [0.2, 0.25) is 0 Å². The van der Waals surface area contributed by atoms with Crippen molar-refractivity contribution in [1.29, 1.82) is 5.41 Å². The van der Waals surface area contributed by atoms with Crippen LogP contribution >= 0.6 is 0 Å². The van der Waals surface area contributed by atoms with Gasteiger partial charge in [-0.2, -0.15) is 0 Å². The minimum Gasteiger partial charge on any atom is -0.393 e. The predicted octanol–water partition coefficient (Wildman–Crippen LogP) is 5.63. The van der Waals surface area contributed by atoms with Crippen LogP contribution < -0.4 is 10.2 Å².